The standard InChI is InChI=1S/C12H12BrN3O/c1-7-3-4-9(10(13)5-7)12(17)15-11-8(2)6-14-16-11/h3-6H,1-2H3,(H2,14,15,16,17). The van der Waals surface area contributed by atoms with E-state index in [-0.39, 0.29) is 5.91 Å². The normalized spacial score (nSPS) is 10.3. The highest BCUT2D eigenvalue weighted by Gasteiger charge is 2.11. The van der Waals surface area contributed by atoms with Crippen LogP contribution in [-0.4, -0.2) is 16.1 Å². The first kappa shape index (κ1) is 11.9. The van der Waals surface area contributed by atoms with E-state index in [0.717, 1.165) is 15.6 Å². The second-order valence-corrected chi connectivity index (χ2v) is 4.72. The predicted molar refractivity (Wildman–Crippen MR) is 70.2 cm³/mol. The molecule has 0 aliphatic carbocycles. The Morgan fingerprint density at radius 1 is 1.41 bits per heavy atom. The number of aromatic nitrogens is 2. The van der Waals surface area contributed by atoms with Crippen molar-refractivity contribution >= 4 is 27.7 Å². The lowest BCUT2D eigenvalue weighted by atomic mass is 10.1. The quantitative estimate of drug-likeness (QED) is 0.894. The van der Waals surface area contributed by atoms with Crippen molar-refractivity contribution in [2.75, 3.05) is 5.32 Å². The van der Waals surface area contributed by atoms with E-state index in [9.17, 15) is 4.79 Å². The molecule has 2 N–H and O–H groups in total. The van der Waals surface area contributed by atoms with Crippen LogP contribution in [0.1, 0.15) is 21.5 Å². The lowest BCUT2D eigenvalue weighted by molar-refractivity contribution is 0.102. The molecular formula is C12H12BrN3O. The Bertz CT molecular complexity index is 563. The van der Waals surface area contributed by atoms with Crippen LogP contribution in [0.3, 0.4) is 0 Å². The Labute approximate surface area is 108 Å². The third kappa shape index (κ3) is 2.55. The Morgan fingerprint density at radius 2 is 2.18 bits per heavy atom. The summed E-state index contributed by atoms with van der Waals surface area (Å²) in [7, 11) is 0. The number of nitrogens with one attached hydrogen (secondary N) is 2. The molecule has 0 saturated heterocycles. The van der Waals surface area contributed by atoms with Crippen LogP contribution < -0.4 is 5.32 Å². The monoisotopic (exact) mass is 293 g/mol. The van der Waals surface area contributed by atoms with Gasteiger partial charge in [0.1, 0.15) is 5.82 Å². The summed E-state index contributed by atoms with van der Waals surface area (Å²) in [4.78, 5) is 12.0. The van der Waals surface area contributed by atoms with Crippen molar-refractivity contribution in [1.82, 2.24) is 10.2 Å². The molecule has 0 spiro atoms. The van der Waals surface area contributed by atoms with Gasteiger partial charge in [-0.2, -0.15) is 5.10 Å². The smallest absolute Gasteiger partial charge is 0.257 e. The van der Waals surface area contributed by atoms with Crippen LogP contribution in [0.2, 0.25) is 0 Å². The van der Waals surface area contributed by atoms with E-state index < -0.39 is 0 Å². The van der Waals surface area contributed by atoms with E-state index >= 15 is 0 Å². The highest BCUT2D eigenvalue weighted by atomic mass is 79.9. The molecule has 2 aromatic rings. The molecular weight excluding hydrogens is 282 g/mol. The van der Waals surface area contributed by atoms with E-state index in [1.807, 2.05) is 26.0 Å². The van der Waals surface area contributed by atoms with Gasteiger partial charge in [-0.05, 0) is 47.5 Å². The Hall–Kier alpha value is -1.62. The first-order chi connectivity index (χ1) is 8.08. The number of H-pyrrole nitrogens is 1. The van der Waals surface area contributed by atoms with E-state index in [1.54, 1.807) is 12.3 Å². The van der Waals surface area contributed by atoms with E-state index in [0.29, 0.717) is 11.4 Å². The highest BCUT2D eigenvalue weighted by Crippen LogP contribution is 2.20. The van der Waals surface area contributed by atoms with Gasteiger partial charge in [0.2, 0.25) is 0 Å². The van der Waals surface area contributed by atoms with E-state index in [4.69, 9.17) is 0 Å². The molecule has 0 bridgehead atoms. The SMILES string of the molecule is Cc1ccc(C(=O)Nc2[nH]ncc2C)c(Br)c1. The van der Waals surface area contributed by atoms with Gasteiger partial charge in [-0.1, -0.05) is 6.07 Å². The van der Waals surface area contributed by atoms with Crippen molar-refractivity contribution in [2.24, 2.45) is 0 Å². The molecule has 17 heavy (non-hydrogen) atoms. The number of hydrogen-bond acceptors (Lipinski definition) is 2. The van der Waals surface area contributed by atoms with Crippen LogP contribution in [-0.2, 0) is 0 Å². The third-order valence-electron chi connectivity index (χ3n) is 2.44. The van der Waals surface area contributed by atoms with Gasteiger partial charge in [-0.3, -0.25) is 9.89 Å². The molecule has 1 aromatic carbocycles. The largest absolute Gasteiger partial charge is 0.307 e. The van der Waals surface area contributed by atoms with E-state index in [2.05, 4.69) is 31.4 Å². The first-order valence-electron chi connectivity index (χ1n) is 5.15. The average Bonchev–Trinajstić information content (AvgIpc) is 2.64. The number of aryl methyl sites for hydroxylation is 2. The number of anilines is 1. The van der Waals surface area contributed by atoms with E-state index in [1.165, 1.54) is 0 Å². The van der Waals surface area contributed by atoms with Crippen LogP contribution in [0.4, 0.5) is 5.82 Å². The van der Waals surface area contributed by atoms with Gasteiger partial charge in [0.15, 0.2) is 0 Å². The second kappa shape index (κ2) is 4.71. The van der Waals surface area contributed by atoms with Gasteiger partial charge < -0.3 is 5.32 Å². The molecule has 1 heterocycles. The number of benzene rings is 1. The Morgan fingerprint density at radius 3 is 2.76 bits per heavy atom. The zero-order chi connectivity index (χ0) is 12.4. The van der Waals surface area contributed by atoms with Gasteiger partial charge in [0.05, 0.1) is 11.8 Å². The summed E-state index contributed by atoms with van der Waals surface area (Å²) in [5.74, 6) is 0.465. The molecule has 1 amide bonds. The number of hydrogen-bond donors (Lipinski definition) is 2. The maximum Gasteiger partial charge on any atom is 0.257 e. The van der Waals surface area contributed by atoms with Gasteiger partial charge in [0, 0.05) is 10.0 Å². The molecule has 0 saturated carbocycles. The van der Waals surface area contributed by atoms with Gasteiger partial charge in [-0.15, -0.1) is 0 Å². The maximum absolute atomic E-state index is 12.0. The molecule has 0 atom stereocenters. The number of nitrogens with zero attached hydrogens (tertiary/aromatic N) is 1. The molecule has 2 rings (SSSR count). The highest BCUT2D eigenvalue weighted by molar-refractivity contribution is 9.10. The minimum atomic E-state index is -0.163. The Balaban J connectivity index is 2.23. The lowest BCUT2D eigenvalue weighted by Crippen LogP contribution is -2.13. The number of rotatable bonds is 2. The summed E-state index contributed by atoms with van der Waals surface area (Å²) < 4.78 is 0.784. The zero-order valence-corrected chi connectivity index (χ0v) is 11.1. The first-order valence-corrected chi connectivity index (χ1v) is 5.94. The maximum atomic E-state index is 12.0. The molecule has 1 aromatic heterocycles. The molecule has 4 nitrogen and oxygen atoms in total. The third-order valence-corrected chi connectivity index (χ3v) is 3.09. The van der Waals surface area contributed by atoms with Crippen LogP contribution >= 0.6 is 15.9 Å². The second-order valence-electron chi connectivity index (χ2n) is 3.87. The van der Waals surface area contributed by atoms with Crippen molar-refractivity contribution in [1.29, 1.82) is 0 Å². The molecule has 0 aliphatic heterocycles. The summed E-state index contributed by atoms with van der Waals surface area (Å²) in [5, 5.41) is 9.37. The van der Waals surface area contributed by atoms with Gasteiger partial charge in [-0.25, -0.2) is 0 Å². The molecule has 0 unspecified atom stereocenters. The summed E-state index contributed by atoms with van der Waals surface area (Å²) in [6.45, 7) is 3.86. The fourth-order valence-corrected chi connectivity index (χ4v) is 2.13. The molecule has 0 fully saturated rings. The fraction of sp³-hybridized carbons (Fsp3) is 0.167. The van der Waals surface area contributed by atoms with Crippen molar-refractivity contribution in [3.63, 3.8) is 0 Å². The molecule has 88 valence electrons. The predicted octanol–water partition coefficient (Wildman–Crippen LogP) is 3.04. The molecule has 5 heteroatoms. The number of aromatic amines is 1. The number of carbonyl (C=O) groups excluding carboxylic acids is 1. The van der Waals surface area contributed by atoms with Crippen LogP contribution in [0.15, 0.2) is 28.9 Å². The summed E-state index contributed by atoms with van der Waals surface area (Å²) in [6.07, 6.45) is 1.67. The molecule has 0 aliphatic rings. The lowest BCUT2D eigenvalue weighted by Gasteiger charge is -2.06. The summed E-state index contributed by atoms with van der Waals surface area (Å²) >= 11 is 3.38. The van der Waals surface area contributed by atoms with Crippen molar-refractivity contribution in [2.45, 2.75) is 13.8 Å². The van der Waals surface area contributed by atoms with Crippen molar-refractivity contribution in [3.8, 4) is 0 Å². The Kier molecular flexibility index (Phi) is 3.28. The number of amides is 1. The van der Waals surface area contributed by atoms with Gasteiger partial charge in [0.25, 0.3) is 5.91 Å². The minimum absolute atomic E-state index is 0.163. The summed E-state index contributed by atoms with van der Waals surface area (Å²) in [6, 6.07) is 5.61. The van der Waals surface area contributed by atoms with Crippen molar-refractivity contribution in [3.05, 3.63) is 45.6 Å². The topological polar surface area (TPSA) is 57.8 Å². The fourth-order valence-electron chi connectivity index (χ4n) is 1.46. The molecule has 0 radical (unpaired) electrons. The number of halogens is 1. The zero-order valence-electron chi connectivity index (χ0n) is 9.54. The van der Waals surface area contributed by atoms with Crippen LogP contribution in [0, 0.1) is 13.8 Å². The number of carbonyl (C=O) groups is 1. The minimum Gasteiger partial charge on any atom is -0.307 e. The van der Waals surface area contributed by atoms with Crippen molar-refractivity contribution < 1.29 is 4.79 Å². The van der Waals surface area contributed by atoms with Crippen LogP contribution in [0.25, 0.3) is 0 Å². The van der Waals surface area contributed by atoms with Crippen LogP contribution in [0.5, 0.6) is 0 Å². The van der Waals surface area contributed by atoms with Gasteiger partial charge >= 0.3 is 0 Å². The summed E-state index contributed by atoms with van der Waals surface area (Å²) in [5.41, 5.74) is 2.61. The average molecular weight is 294 g/mol.